The molecule has 2 rings (SSSR count). The van der Waals surface area contributed by atoms with Gasteiger partial charge in [-0.1, -0.05) is 24.3 Å². The molecule has 0 atom stereocenters. The zero-order valence-electron chi connectivity index (χ0n) is 6.87. The van der Waals surface area contributed by atoms with E-state index in [4.69, 9.17) is 0 Å². The second-order valence-corrected chi connectivity index (χ2v) is 1.77. The summed E-state index contributed by atoms with van der Waals surface area (Å²) in [7, 11) is 0. The Morgan fingerprint density at radius 3 is 0.846 bits per heavy atom. The van der Waals surface area contributed by atoms with Crippen LogP contribution in [0.1, 0.15) is 0 Å². The van der Waals surface area contributed by atoms with Gasteiger partial charge in [-0.15, -0.1) is 11.5 Å². The summed E-state index contributed by atoms with van der Waals surface area (Å²) in [4.78, 5) is 0. The summed E-state index contributed by atoms with van der Waals surface area (Å²) >= 11 is 0. The van der Waals surface area contributed by atoms with E-state index in [1.807, 2.05) is 48.6 Å². The molecule has 0 radical (unpaired) electrons. The van der Waals surface area contributed by atoms with Crippen molar-refractivity contribution in [3.63, 3.8) is 0 Å². The van der Waals surface area contributed by atoms with Gasteiger partial charge in [-0.05, 0) is 24.3 Å². The fourth-order valence-electron chi connectivity index (χ4n) is 0.556. The van der Waals surface area contributed by atoms with Gasteiger partial charge in [0.2, 0.25) is 0 Å². The van der Waals surface area contributed by atoms with E-state index >= 15 is 0 Å². The largest absolute Gasteiger partial charge is 2.00 e. The van der Waals surface area contributed by atoms with Crippen LogP contribution in [0.5, 0.6) is 0 Å². The molecule has 2 aliphatic rings. The molecule has 0 aliphatic heterocycles. The van der Waals surface area contributed by atoms with Crippen molar-refractivity contribution in [1.82, 2.24) is 0 Å². The third-order valence-electron chi connectivity index (χ3n) is 0.992. The van der Waals surface area contributed by atoms with Crippen molar-refractivity contribution in [3.8, 4) is 0 Å². The van der Waals surface area contributed by atoms with E-state index in [1.54, 1.807) is 0 Å². The zero-order chi connectivity index (χ0) is 7.07. The molecule has 0 fully saturated rings. The van der Waals surface area contributed by atoms with E-state index < -0.39 is 0 Å². The minimum absolute atomic E-state index is 0. The summed E-state index contributed by atoms with van der Waals surface area (Å²) in [6.07, 6.45) is 15.3. The summed E-state index contributed by atoms with van der Waals surface area (Å²) in [6.45, 7) is 0. The van der Waals surface area contributed by atoms with E-state index in [1.165, 1.54) is 0 Å². The molecule has 0 unspecified atom stereocenters. The van der Waals surface area contributed by atoms with Crippen molar-refractivity contribution in [2.45, 2.75) is 0 Å². The first-order chi connectivity index (χ1) is 5.00. The van der Waals surface area contributed by atoms with Crippen LogP contribution in [0.2, 0.25) is 0 Å². The van der Waals surface area contributed by atoms with Gasteiger partial charge in [-0.25, -0.2) is 0 Å². The zero-order valence-corrected chi connectivity index (χ0v) is 9.95. The molecular formula is C10H8Cl2Ti. The van der Waals surface area contributed by atoms with Crippen LogP contribution in [0, 0.1) is 0 Å². The first kappa shape index (κ1) is 18.6. The maximum absolute atomic E-state index is 2.86. The molecular weight excluding hydrogens is 239 g/mol. The molecule has 13 heavy (non-hydrogen) atoms. The summed E-state index contributed by atoms with van der Waals surface area (Å²) in [5.41, 5.74) is 5.72. The minimum Gasteiger partial charge on any atom is -1.00 e. The molecule has 66 valence electrons. The first-order valence-electron chi connectivity index (χ1n) is 3.15. The standard InChI is InChI=1S/2C5H4.2ClH.Ti/c2*1-2-4-5-3-1;;;/h2*1-4H;2*1H;/q;;;;+2/p-2. The molecule has 0 aromatic rings. The van der Waals surface area contributed by atoms with Crippen LogP contribution >= 0.6 is 0 Å². The maximum Gasteiger partial charge on any atom is 2.00 e. The van der Waals surface area contributed by atoms with Crippen LogP contribution in [-0.2, 0) is 21.7 Å². The van der Waals surface area contributed by atoms with Gasteiger partial charge in [-0.3, -0.25) is 0 Å². The molecule has 0 amide bonds. The second kappa shape index (κ2) is 14.3. The van der Waals surface area contributed by atoms with Crippen LogP contribution in [0.4, 0.5) is 0 Å². The molecule has 0 aromatic heterocycles. The Morgan fingerprint density at radius 1 is 0.538 bits per heavy atom. The molecule has 0 aromatic carbocycles. The first-order valence-corrected chi connectivity index (χ1v) is 3.15. The van der Waals surface area contributed by atoms with Gasteiger partial charge in [0.15, 0.2) is 0 Å². The van der Waals surface area contributed by atoms with Crippen molar-refractivity contribution in [2.75, 3.05) is 0 Å². The van der Waals surface area contributed by atoms with Crippen LogP contribution in [-0.4, -0.2) is 0 Å². The SMILES string of the molecule is C1=CC=CC=1.C1=CC=CC=1.[Cl-].[Cl-].[Ti+2]. The van der Waals surface area contributed by atoms with Crippen LogP contribution in [0.15, 0.2) is 60.1 Å². The average molecular weight is 247 g/mol. The van der Waals surface area contributed by atoms with Crippen LogP contribution < -0.4 is 24.8 Å². The van der Waals surface area contributed by atoms with Gasteiger partial charge in [0.1, 0.15) is 0 Å². The minimum atomic E-state index is 0. The predicted octanol–water partition coefficient (Wildman–Crippen LogP) is -3.46. The summed E-state index contributed by atoms with van der Waals surface area (Å²) in [5.74, 6) is 0. The predicted molar refractivity (Wildman–Crippen MR) is 43.6 cm³/mol. The Kier molecular flexibility index (Phi) is 20.5. The Bertz CT molecular complexity index is 225. The van der Waals surface area contributed by atoms with Gasteiger partial charge in [0.05, 0.1) is 0 Å². The molecule has 0 saturated heterocycles. The Balaban J connectivity index is -0.000000125. The van der Waals surface area contributed by atoms with Crippen molar-refractivity contribution in [1.29, 1.82) is 0 Å². The van der Waals surface area contributed by atoms with Gasteiger partial charge in [0.25, 0.3) is 0 Å². The number of rotatable bonds is 0. The molecule has 0 N–H and O–H groups in total. The number of allylic oxidation sites excluding steroid dienone is 6. The number of halogens is 2. The van der Waals surface area contributed by atoms with E-state index in [0.29, 0.717) is 0 Å². The molecule has 0 spiro atoms. The maximum atomic E-state index is 2.86. The summed E-state index contributed by atoms with van der Waals surface area (Å²) in [5, 5.41) is 0. The van der Waals surface area contributed by atoms with Gasteiger partial charge in [0, 0.05) is 0 Å². The van der Waals surface area contributed by atoms with E-state index in [9.17, 15) is 0 Å². The smallest absolute Gasteiger partial charge is 1.00 e. The monoisotopic (exact) mass is 246 g/mol. The Hall–Kier alpha value is -0.186. The third-order valence-corrected chi connectivity index (χ3v) is 0.992. The molecule has 0 nitrogen and oxygen atoms in total. The van der Waals surface area contributed by atoms with E-state index in [2.05, 4.69) is 11.5 Å². The van der Waals surface area contributed by atoms with Crippen molar-refractivity contribution in [3.05, 3.63) is 60.1 Å². The quantitative estimate of drug-likeness (QED) is 0.308. The van der Waals surface area contributed by atoms with E-state index in [0.717, 1.165) is 0 Å². The number of hydrogen-bond acceptors (Lipinski definition) is 0. The molecule has 0 saturated carbocycles. The van der Waals surface area contributed by atoms with Gasteiger partial charge < -0.3 is 24.8 Å². The summed E-state index contributed by atoms with van der Waals surface area (Å²) in [6, 6.07) is 0. The Morgan fingerprint density at radius 2 is 0.769 bits per heavy atom. The fraction of sp³-hybridized carbons (Fsp3) is 0. The van der Waals surface area contributed by atoms with Crippen molar-refractivity contribution < 1.29 is 46.5 Å². The van der Waals surface area contributed by atoms with Gasteiger partial charge >= 0.3 is 21.7 Å². The van der Waals surface area contributed by atoms with Crippen molar-refractivity contribution in [2.24, 2.45) is 0 Å². The van der Waals surface area contributed by atoms with E-state index in [-0.39, 0.29) is 46.5 Å². The molecule has 3 heteroatoms. The summed E-state index contributed by atoms with van der Waals surface area (Å²) < 4.78 is 0. The molecule has 2 aliphatic carbocycles. The molecule has 0 bridgehead atoms. The fourth-order valence-corrected chi connectivity index (χ4v) is 0.556. The number of hydrogen-bond donors (Lipinski definition) is 0. The Labute approximate surface area is 106 Å². The molecule has 0 heterocycles. The second-order valence-electron chi connectivity index (χ2n) is 1.77. The van der Waals surface area contributed by atoms with Crippen LogP contribution in [0.3, 0.4) is 0 Å². The average Bonchev–Trinajstić information content (AvgIpc) is 2.67. The topological polar surface area (TPSA) is 0 Å². The van der Waals surface area contributed by atoms with Crippen molar-refractivity contribution >= 4 is 0 Å². The third kappa shape index (κ3) is 11.8. The van der Waals surface area contributed by atoms with Crippen LogP contribution in [0.25, 0.3) is 0 Å². The normalized spacial score (nSPS) is 11.1. The van der Waals surface area contributed by atoms with Gasteiger partial charge in [-0.2, -0.15) is 0 Å².